The lowest BCUT2D eigenvalue weighted by Gasteiger charge is -2.30. The summed E-state index contributed by atoms with van der Waals surface area (Å²) < 4.78 is 52.4. The first-order chi connectivity index (χ1) is 14.7. The summed E-state index contributed by atoms with van der Waals surface area (Å²) in [7, 11) is 0. The second-order valence-corrected chi connectivity index (χ2v) is 8.09. The van der Waals surface area contributed by atoms with Crippen molar-refractivity contribution in [2.45, 2.75) is 18.8 Å². The quantitative estimate of drug-likeness (QED) is 0.616. The summed E-state index contributed by atoms with van der Waals surface area (Å²) in [6.45, 7) is 0.386. The molecule has 11 heteroatoms. The molecule has 0 fully saturated rings. The van der Waals surface area contributed by atoms with Gasteiger partial charge in [0.15, 0.2) is 0 Å². The van der Waals surface area contributed by atoms with Gasteiger partial charge in [0, 0.05) is 11.4 Å². The summed E-state index contributed by atoms with van der Waals surface area (Å²) in [6.07, 6.45) is -2.34. The molecular formula is C20H16F4N4O2S. The van der Waals surface area contributed by atoms with E-state index in [9.17, 15) is 27.5 Å². The van der Waals surface area contributed by atoms with Crippen LogP contribution in [0.15, 0.2) is 53.6 Å². The molecule has 3 aromatic rings. The molecule has 1 aliphatic heterocycles. The van der Waals surface area contributed by atoms with Gasteiger partial charge in [-0.25, -0.2) is 14.2 Å². The van der Waals surface area contributed by atoms with E-state index in [1.165, 1.54) is 24.5 Å². The molecule has 0 spiro atoms. The number of rotatable bonds is 4. The summed E-state index contributed by atoms with van der Waals surface area (Å²) >= 11 is 0.560. The fourth-order valence-electron chi connectivity index (χ4n) is 3.24. The van der Waals surface area contributed by atoms with Crippen LogP contribution in [0.3, 0.4) is 0 Å². The first-order valence-corrected chi connectivity index (χ1v) is 10.0. The molecule has 1 atom stereocenters. The SMILES string of the molecule is O=c1nc(N2CC=C(c3ccc(F)cc3)C(O)C2)ncn1Cc1ccc(C(F)(F)F)s1. The molecule has 2 aromatic heterocycles. The average molecular weight is 452 g/mol. The second kappa shape index (κ2) is 8.23. The van der Waals surface area contributed by atoms with Crippen molar-refractivity contribution in [1.29, 1.82) is 0 Å². The van der Waals surface area contributed by atoms with Crippen LogP contribution >= 0.6 is 11.3 Å². The Kier molecular flexibility index (Phi) is 5.63. The maximum absolute atomic E-state index is 13.1. The molecule has 0 saturated carbocycles. The van der Waals surface area contributed by atoms with Crippen LogP contribution in [0.5, 0.6) is 0 Å². The molecule has 0 saturated heterocycles. The first-order valence-electron chi connectivity index (χ1n) is 9.19. The Morgan fingerprint density at radius 3 is 2.52 bits per heavy atom. The molecule has 1 aromatic carbocycles. The Morgan fingerprint density at radius 2 is 1.90 bits per heavy atom. The van der Waals surface area contributed by atoms with E-state index in [-0.39, 0.29) is 24.9 Å². The molecule has 0 bridgehead atoms. The molecule has 6 nitrogen and oxygen atoms in total. The summed E-state index contributed by atoms with van der Waals surface area (Å²) in [5.41, 5.74) is 0.677. The minimum atomic E-state index is -4.43. The lowest BCUT2D eigenvalue weighted by Crippen LogP contribution is -2.40. The van der Waals surface area contributed by atoms with Crippen LogP contribution in [0.4, 0.5) is 23.5 Å². The molecule has 0 aliphatic carbocycles. The lowest BCUT2D eigenvalue weighted by atomic mass is 9.97. The van der Waals surface area contributed by atoms with Gasteiger partial charge in [0.2, 0.25) is 5.95 Å². The number of halogens is 4. The van der Waals surface area contributed by atoms with Crippen LogP contribution in [-0.4, -0.2) is 38.8 Å². The molecular weight excluding hydrogens is 436 g/mol. The highest BCUT2D eigenvalue weighted by molar-refractivity contribution is 7.12. The third-order valence-electron chi connectivity index (χ3n) is 4.77. The van der Waals surface area contributed by atoms with Crippen molar-refractivity contribution in [3.8, 4) is 0 Å². The van der Waals surface area contributed by atoms with E-state index in [1.807, 2.05) is 0 Å². The highest BCUT2D eigenvalue weighted by Gasteiger charge is 2.32. The summed E-state index contributed by atoms with van der Waals surface area (Å²) in [5, 5.41) is 10.5. The number of benzene rings is 1. The molecule has 1 unspecified atom stereocenters. The number of β-amino-alcohol motifs (C(OH)–C–C–N with tert-alkyl or cyclic N) is 1. The van der Waals surface area contributed by atoms with Gasteiger partial charge in [-0.05, 0) is 35.4 Å². The zero-order valence-corrected chi connectivity index (χ0v) is 16.7. The fraction of sp³-hybridized carbons (Fsp3) is 0.250. The van der Waals surface area contributed by atoms with Gasteiger partial charge in [-0.15, -0.1) is 11.3 Å². The monoisotopic (exact) mass is 452 g/mol. The van der Waals surface area contributed by atoms with Crippen molar-refractivity contribution in [2.24, 2.45) is 0 Å². The van der Waals surface area contributed by atoms with Crippen LogP contribution in [0.25, 0.3) is 5.57 Å². The number of aromatic nitrogens is 3. The molecule has 4 rings (SSSR count). The molecule has 162 valence electrons. The Morgan fingerprint density at radius 1 is 1.16 bits per heavy atom. The van der Waals surface area contributed by atoms with E-state index in [0.29, 0.717) is 33.9 Å². The predicted molar refractivity (Wildman–Crippen MR) is 107 cm³/mol. The number of alkyl halides is 3. The van der Waals surface area contributed by atoms with Crippen LogP contribution in [0, 0.1) is 5.82 Å². The van der Waals surface area contributed by atoms with Crippen molar-refractivity contribution in [3.63, 3.8) is 0 Å². The third kappa shape index (κ3) is 4.67. The highest BCUT2D eigenvalue weighted by atomic mass is 32.1. The van der Waals surface area contributed by atoms with Crippen molar-refractivity contribution in [3.05, 3.63) is 80.4 Å². The van der Waals surface area contributed by atoms with Crippen molar-refractivity contribution in [1.82, 2.24) is 14.5 Å². The third-order valence-corrected chi connectivity index (χ3v) is 5.88. The van der Waals surface area contributed by atoms with Gasteiger partial charge in [0.1, 0.15) is 17.0 Å². The molecule has 3 heterocycles. The van der Waals surface area contributed by atoms with Crippen LogP contribution in [0.2, 0.25) is 0 Å². The summed E-state index contributed by atoms with van der Waals surface area (Å²) in [5.74, 6) is -0.265. The number of aliphatic hydroxyl groups excluding tert-OH is 1. The van der Waals surface area contributed by atoms with Crippen LogP contribution < -0.4 is 10.6 Å². The second-order valence-electron chi connectivity index (χ2n) is 6.92. The molecule has 1 aliphatic rings. The summed E-state index contributed by atoms with van der Waals surface area (Å²) in [6, 6.07) is 8.06. The number of hydrogen-bond donors (Lipinski definition) is 1. The van der Waals surface area contributed by atoms with Gasteiger partial charge in [-0.2, -0.15) is 18.2 Å². The highest BCUT2D eigenvalue weighted by Crippen LogP contribution is 2.34. The van der Waals surface area contributed by atoms with Gasteiger partial charge < -0.3 is 10.0 Å². The minimum absolute atomic E-state index is 0.0723. The Hall–Kier alpha value is -3.05. The number of nitrogens with zero attached hydrogens (tertiary/aromatic N) is 4. The Labute approximate surface area is 177 Å². The Balaban J connectivity index is 1.49. The fourth-order valence-corrected chi connectivity index (χ4v) is 4.11. The van der Waals surface area contributed by atoms with Crippen LogP contribution in [0.1, 0.15) is 15.3 Å². The minimum Gasteiger partial charge on any atom is -0.387 e. The van der Waals surface area contributed by atoms with E-state index in [1.54, 1.807) is 23.1 Å². The normalized spacial score (nSPS) is 17.0. The van der Waals surface area contributed by atoms with Gasteiger partial charge in [0.25, 0.3) is 0 Å². The van der Waals surface area contributed by atoms with Gasteiger partial charge in [-0.3, -0.25) is 4.57 Å². The van der Waals surface area contributed by atoms with E-state index < -0.39 is 22.8 Å². The number of hydrogen-bond acceptors (Lipinski definition) is 6. The molecule has 0 radical (unpaired) electrons. The average Bonchev–Trinajstić information content (AvgIpc) is 3.19. The lowest BCUT2D eigenvalue weighted by molar-refractivity contribution is -0.134. The van der Waals surface area contributed by atoms with Gasteiger partial charge in [-0.1, -0.05) is 18.2 Å². The van der Waals surface area contributed by atoms with Gasteiger partial charge in [0.05, 0.1) is 19.2 Å². The maximum Gasteiger partial charge on any atom is 0.425 e. The van der Waals surface area contributed by atoms with Crippen molar-refractivity contribution >= 4 is 22.9 Å². The van der Waals surface area contributed by atoms with Crippen LogP contribution in [-0.2, 0) is 12.7 Å². The summed E-state index contributed by atoms with van der Waals surface area (Å²) in [4.78, 5) is 21.6. The standard InChI is InChI=1S/C20H16F4N4O2S/c21-13-3-1-12(2-4-13)15-7-8-27(10-16(15)29)18-25-11-28(19(30)26-18)9-14-5-6-17(31-14)20(22,23)24/h1-7,11,16,29H,8-10H2. The smallest absolute Gasteiger partial charge is 0.387 e. The molecule has 31 heavy (non-hydrogen) atoms. The number of anilines is 1. The number of thiophene rings is 1. The maximum atomic E-state index is 13.1. The first kappa shape index (κ1) is 21.2. The largest absolute Gasteiger partial charge is 0.425 e. The predicted octanol–water partition coefficient (Wildman–Crippen LogP) is 3.17. The van der Waals surface area contributed by atoms with Gasteiger partial charge >= 0.3 is 11.9 Å². The topological polar surface area (TPSA) is 71.2 Å². The van der Waals surface area contributed by atoms with E-state index >= 15 is 0 Å². The Bertz CT molecular complexity index is 1170. The van der Waals surface area contributed by atoms with E-state index in [4.69, 9.17) is 0 Å². The zero-order chi connectivity index (χ0) is 22.2. The molecule has 1 N–H and O–H groups in total. The zero-order valence-electron chi connectivity index (χ0n) is 15.9. The van der Waals surface area contributed by atoms with E-state index in [0.717, 1.165) is 10.6 Å². The van der Waals surface area contributed by atoms with Crippen molar-refractivity contribution < 1.29 is 22.7 Å². The molecule has 0 amide bonds. The number of aliphatic hydroxyl groups is 1. The van der Waals surface area contributed by atoms with E-state index in [2.05, 4.69) is 9.97 Å². The van der Waals surface area contributed by atoms with Crippen molar-refractivity contribution in [2.75, 3.05) is 18.0 Å².